The van der Waals surface area contributed by atoms with Gasteiger partial charge in [-0.1, -0.05) is 0 Å². The number of nitrogens with one attached hydrogen (secondary N) is 4. The highest BCUT2D eigenvalue weighted by Gasteiger charge is 2.23. The van der Waals surface area contributed by atoms with E-state index in [1.165, 1.54) is 0 Å². The summed E-state index contributed by atoms with van der Waals surface area (Å²) in [6.45, 7) is 10.4. The molecule has 3 heterocycles. The number of carbonyl (C=O) groups is 3. The number of aromatic amines is 1. The van der Waals surface area contributed by atoms with Gasteiger partial charge in [-0.25, -0.2) is 9.78 Å². The molecule has 15 nitrogen and oxygen atoms in total. The zero-order valence-corrected chi connectivity index (χ0v) is 29.5. The third-order valence-corrected chi connectivity index (χ3v) is 8.17. The molecule has 4 rings (SSSR count). The predicted molar refractivity (Wildman–Crippen MR) is 193 cm³/mol. The number of carboxylic acids is 1. The van der Waals surface area contributed by atoms with Crippen LogP contribution in [0.2, 0.25) is 0 Å². The summed E-state index contributed by atoms with van der Waals surface area (Å²) in [5.74, 6) is -0.785. The summed E-state index contributed by atoms with van der Waals surface area (Å²) >= 11 is 0. The number of nitrogens with zero attached hydrogens (tertiary/aromatic N) is 3. The van der Waals surface area contributed by atoms with Gasteiger partial charge in [0.05, 0.1) is 32.0 Å². The van der Waals surface area contributed by atoms with Crippen LogP contribution in [0.4, 0.5) is 11.5 Å². The van der Waals surface area contributed by atoms with Crippen molar-refractivity contribution in [3.05, 3.63) is 74.8 Å². The maximum atomic E-state index is 13.6. The predicted octanol–water partition coefficient (Wildman–Crippen LogP) is 2.58. The number of carbonyl (C=O) groups excluding carboxylic acids is 2. The maximum Gasteiger partial charge on any atom is 0.329 e. The minimum Gasteiger partial charge on any atom is -0.480 e. The minimum atomic E-state index is -1.03. The van der Waals surface area contributed by atoms with Gasteiger partial charge >= 0.3 is 5.97 Å². The highest BCUT2D eigenvalue weighted by molar-refractivity contribution is 6.06. The van der Waals surface area contributed by atoms with Crippen molar-refractivity contribution in [3.63, 3.8) is 0 Å². The first kappa shape index (κ1) is 38.7. The number of piperazine rings is 1. The molecule has 1 aliphatic heterocycles. The number of hydrogen-bond donors (Lipinski definition) is 5. The van der Waals surface area contributed by atoms with Crippen LogP contribution in [0, 0.1) is 19.3 Å². The average Bonchev–Trinajstić information content (AvgIpc) is 3.09. The molecule has 1 saturated heterocycles. The van der Waals surface area contributed by atoms with Gasteiger partial charge in [-0.15, -0.1) is 0 Å². The van der Waals surface area contributed by atoms with Gasteiger partial charge in [0, 0.05) is 79.2 Å². The Balaban J connectivity index is 1.35. The van der Waals surface area contributed by atoms with Gasteiger partial charge in [0.25, 0.3) is 11.5 Å². The largest absolute Gasteiger partial charge is 0.480 e. The van der Waals surface area contributed by atoms with Crippen LogP contribution in [0.3, 0.4) is 0 Å². The molecule has 1 aliphatic rings. The Morgan fingerprint density at radius 3 is 2.27 bits per heavy atom. The number of aryl methyl sites for hydroxylation is 2. The van der Waals surface area contributed by atoms with Crippen LogP contribution in [-0.4, -0.2) is 116 Å². The molecule has 2 aromatic heterocycles. The number of amides is 2. The van der Waals surface area contributed by atoms with Gasteiger partial charge in [-0.05, 0) is 69.2 Å². The molecule has 0 unspecified atom stereocenters. The summed E-state index contributed by atoms with van der Waals surface area (Å²) < 4.78 is 15.6. The summed E-state index contributed by atoms with van der Waals surface area (Å²) in [6, 6.07) is 9.38. The average molecular weight is 706 g/mol. The number of benzene rings is 1. The van der Waals surface area contributed by atoms with E-state index in [2.05, 4.69) is 20.5 Å². The Morgan fingerprint density at radius 1 is 0.980 bits per heavy atom. The summed E-state index contributed by atoms with van der Waals surface area (Å²) in [6.07, 6.45) is 2.90. The van der Waals surface area contributed by atoms with Crippen molar-refractivity contribution in [1.29, 1.82) is 5.41 Å². The van der Waals surface area contributed by atoms with E-state index in [4.69, 9.17) is 29.7 Å². The minimum absolute atomic E-state index is 0.0406. The number of carboxylic acid groups (broad SMARTS) is 1. The van der Waals surface area contributed by atoms with Crippen LogP contribution in [-0.2, 0) is 30.3 Å². The van der Waals surface area contributed by atoms with Crippen LogP contribution in [0.5, 0.6) is 0 Å². The quantitative estimate of drug-likeness (QED) is 0.0963. The van der Waals surface area contributed by atoms with E-state index in [1.54, 1.807) is 24.1 Å². The number of rotatable bonds is 18. The Hall–Kier alpha value is -5.12. The first-order chi connectivity index (χ1) is 24.5. The second-order valence-corrected chi connectivity index (χ2v) is 12.4. The fourth-order valence-electron chi connectivity index (χ4n) is 5.64. The van der Waals surface area contributed by atoms with Crippen molar-refractivity contribution >= 4 is 35.5 Å². The topological polar surface area (TPSA) is 199 Å². The number of anilines is 2. The van der Waals surface area contributed by atoms with Crippen LogP contribution in [0.1, 0.15) is 46.6 Å². The number of hydrogen-bond acceptors (Lipinski definition) is 11. The van der Waals surface area contributed by atoms with E-state index in [0.717, 1.165) is 34.4 Å². The van der Waals surface area contributed by atoms with E-state index in [-0.39, 0.29) is 63.7 Å². The van der Waals surface area contributed by atoms with Crippen LogP contribution >= 0.6 is 0 Å². The van der Waals surface area contributed by atoms with Crippen molar-refractivity contribution < 1.29 is 33.7 Å². The molecule has 0 bridgehead atoms. The molecule has 0 saturated carbocycles. The first-order valence-corrected chi connectivity index (χ1v) is 16.8. The zero-order valence-electron chi connectivity index (χ0n) is 29.5. The molecule has 0 spiro atoms. The monoisotopic (exact) mass is 705 g/mol. The van der Waals surface area contributed by atoms with Crippen LogP contribution in [0.15, 0.2) is 41.3 Å². The van der Waals surface area contributed by atoms with Gasteiger partial charge < -0.3 is 50.1 Å². The van der Waals surface area contributed by atoms with Gasteiger partial charge in [0.15, 0.2) is 0 Å². The summed E-state index contributed by atoms with van der Waals surface area (Å²) in [5.41, 5.74) is 4.65. The summed E-state index contributed by atoms with van der Waals surface area (Å²) in [4.78, 5) is 60.5. The number of ether oxygens (including phenoxy) is 3. The molecule has 0 aliphatic carbocycles. The van der Waals surface area contributed by atoms with Gasteiger partial charge in [-0.2, -0.15) is 0 Å². The van der Waals surface area contributed by atoms with Crippen LogP contribution < -0.4 is 21.1 Å². The highest BCUT2D eigenvalue weighted by atomic mass is 16.5. The lowest BCUT2D eigenvalue weighted by atomic mass is 9.97. The molecule has 15 heteroatoms. The van der Waals surface area contributed by atoms with E-state index in [1.807, 2.05) is 45.0 Å². The number of aromatic nitrogens is 2. The number of pyridine rings is 2. The molecular weight excluding hydrogens is 658 g/mol. The molecule has 274 valence electrons. The van der Waals surface area contributed by atoms with Crippen molar-refractivity contribution in [2.24, 2.45) is 0 Å². The standard InChI is InChI=1S/C36H47N7O8/c1-23(2)40-31-17-27(16-28(29(31)18-37)35(47)39-20-30-24(3)15-25(4)41-36(30)48)26-5-6-32(38-19-26)42-7-9-43(10-8-42)33(44)21-50-13-11-49-12-14-51-22-34(45)46/h5-6,15-19,23,37,40H,7-14,20-22H2,1-4H3,(H,39,47)(H,41,48)(H,45,46). The van der Waals surface area contributed by atoms with E-state index < -0.39 is 11.9 Å². The molecule has 1 aromatic carbocycles. The SMILES string of the molecule is Cc1cc(C)c(CNC(=O)c2cc(-c3ccc(N4CCN(C(=O)COCCOCCOCC(=O)O)CC4)nc3)cc(NC(C)C)c2C=N)c(=O)[nH]1. The van der Waals surface area contributed by atoms with Gasteiger partial charge in [0.2, 0.25) is 5.91 Å². The van der Waals surface area contributed by atoms with Crippen LogP contribution in [0.25, 0.3) is 11.1 Å². The summed E-state index contributed by atoms with van der Waals surface area (Å²) in [7, 11) is 0. The Bertz CT molecular complexity index is 1730. The Labute approximate surface area is 296 Å². The molecule has 51 heavy (non-hydrogen) atoms. The molecule has 5 N–H and O–H groups in total. The summed E-state index contributed by atoms with van der Waals surface area (Å²) in [5, 5.41) is 22.9. The number of H-pyrrole nitrogens is 1. The van der Waals surface area contributed by atoms with E-state index >= 15 is 0 Å². The van der Waals surface area contributed by atoms with E-state index in [9.17, 15) is 19.2 Å². The fraction of sp³-hybridized carbons (Fsp3) is 0.444. The second-order valence-electron chi connectivity index (χ2n) is 12.4. The molecular formula is C36H47N7O8. The molecule has 1 fully saturated rings. The lowest BCUT2D eigenvalue weighted by Crippen LogP contribution is -2.50. The van der Waals surface area contributed by atoms with Gasteiger partial charge in [0.1, 0.15) is 19.0 Å². The third-order valence-electron chi connectivity index (χ3n) is 8.17. The first-order valence-electron chi connectivity index (χ1n) is 16.8. The third kappa shape index (κ3) is 11.2. The lowest BCUT2D eigenvalue weighted by Gasteiger charge is -2.35. The van der Waals surface area contributed by atoms with Crippen molar-refractivity contribution in [2.75, 3.05) is 76.0 Å². The second kappa shape index (κ2) is 18.8. The van der Waals surface area contributed by atoms with Crippen molar-refractivity contribution in [3.8, 4) is 11.1 Å². The maximum absolute atomic E-state index is 13.6. The van der Waals surface area contributed by atoms with Crippen molar-refractivity contribution in [1.82, 2.24) is 20.2 Å². The van der Waals surface area contributed by atoms with Crippen molar-refractivity contribution in [2.45, 2.75) is 40.3 Å². The lowest BCUT2D eigenvalue weighted by molar-refractivity contribution is -0.142. The smallest absolute Gasteiger partial charge is 0.329 e. The fourth-order valence-corrected chi connectivity index (χ4v) is 5.64. The number of aliphatic carboxylic acids is 1. The Kier molecular flexibility index (Phi) is 14.2. The zero-order chi connectivity index (χ0) is 36.9. The van der Waals surface area contributed by atoms with Gasteiger partial charge in [-0.3, -0.25) is 14.4 Å². The normalized spacial score (nSPS) is 13.0. The molecule has 0 radical (unpaired) electrons. The highest BCUT2D eigenvalue weighted by Crippen LogP contribution is 2.30. The van der Waals surface area contributed by atoms with E-state index in [0.29, 0.717) is 48.6 Å². The molecule has 0 atom stereocenters. The Morgan fingerprint density at radius 2 is 1.67 bits per heavy atom. The molecule has 3 aromatic rings. The molecule has 2 amide bonds.